The van der Waals surface area contributed by atoms with Crippen molar-refractivity contribution in [1.29, 1.82) is 0 Å². The number of aromatic nitrogens is 2. The second-order valence-electron chi connectivity index (χ2n) is 17.7. The molecule has 3 atom stereocenters. The van der Waals surface area contributed by atoms with Crippen molar-refractivity contribution < 1.29 is 57.8 Å². The minimum atomic E-state index is -4.63. The van der Waals surface area contributed by atoms with Crippen LogP contribution in [0.2, 0.25) is 10.0 Å². The third kappa shape index (κ3) is 11.3. The van der Waals surface area contributed by atoms with Crippen molar-refractivity contribution >= 4 is 119 Å². The fourth-order valence-corrected chi connectivity index (χ4v) is 19.0. The van der Waals surface area contributed by atoms with Crippen LogP contribution in [0.1, 0.15) is 30.7 Å². The molecule has 2 amide bonds. The molecule has 3 fully saturated rings. The van der Waals surface area contributed by atoms with E-state index in [-0.39, 0.29) is 54.1 Å². The summed E-state index contributed by atoms with van der Waals surface area (Å²) in [5.74, 6) is 0.499. The van der Waals surface area contributed by atoms with E-state index in [0.29, 0.717) is 66.4 Å². The number of rotatable bonds is 16. The third-order valence-electron chi connectivity index (χ3n) is 13.0. The molecule has 5 heterocycles. The Labute approximate surface area is 468 Å². The number of carbonyl (C=O) groups excluding carboxylic acids is 2. The van der Waals surface area contributed by atoms with E-state index in [1.54, 1.807) is 11.0 Å². The van der Waals surface area contributed by atoms with Gasteiger partial charge in [0.2, 0.25) is 16.2 Å². The van der Waals surface area contributed by atoms with Crippen LogP contribution in [0, 0.1) is 0 Å². The van der Waals surface area contributed by atoms with Gasteiger partial charge in [0.05, 0.1) is 39.8 Å². The molecule has 3 saturated heterocycles. The Kier molecular flexibility index (Phi) is 16.6. The molecule has 0 radical (unpaired) electrons. The highest BCUT2D eigenvalue weighted by atomic mass is 35.5. The Morgan fingerprint density at radius 3 is 1.32 bits per heavy atom. The summed E-state index contributed by atoms with van der Waals surface area (Å²) >= 11 is 14.2. The zero-order valence-electron chi connectivity index (χ0n) is 41.1. The SMILES string of the molecule is COc1ccc(S(=O)(=O)N(c2nccs2)S(=O)(=O)c2ccc(N3CC[C@@H](O)C3=O)cc2)cc1.COc1ccc(S(=O)(=O)N(c2nccs2)S(=O)(=O)c2ccc(N3CC[C@H](N4CC[C@H](c5cc(Cl)cc(Cl)c5)C4)C3=O)cc2)cc1. The van der Waals surface area contributed by atoms with Gasteiger partial charge < -0.3 is 24.4 Å². The average Bonchev–Trinajstić information content (AvgIpc) is 4.43. The van der Waals surface area contributed by atoms with E-state index in [2.05, 4.69) is 14.9 Å². The molecule has 2 aromatic heterocycles. The second kappa shape index (κ2) is 22.9. The fraction of sp³-hybridized carbons (Fsp3) is 0.240. The van der Waals surface area contributed by atoms with Crippen molar-refractivity contribution in [3.8, 4) is 11.5 Å². The number of carbonyl (C=O) groups is 2. The van der Waals surface area contributed by atoms with Crippen LogP contribution in [-0.2, 0) is 49.7 Å². The van der Waals surface area contributed by atoms with Crippen LogP contribution in [0.4, 0.5) is 21.6 Å². The lowest BCUT2D eigenvalue weighted by Gasteiger charge is -2.24. The van der Waals surface area contributed by atoms with E-state index < -0.39 is 52.1 Å². The van der Waals surface area contributed by atoms with E-state index in [1.165, 1.54) is 139 Å². The van der Waals surface area contributed by atoms with Crippen LogP contribution >= 0.6 is 45.9 Å². The smallest absolute Gasteiger partial charge is 0.279 e. The molecule has 20 nitrogen and oxygen atoms in total. The van der Waals surface area contributed by atoms with E-state index in [9.17, 15) is 48.4 Å². The van der Waals surface area contributed by atoms with Crippen LogP contribution in [-0.4, -0.2) is 118 Å². The predicted molar refractivity (Wildman–Crippen MR) is 296 cm³/mol. The molecule has 1 N–H and O–H groups in total. The number of aliphatic hydroxyl groups excluding tert-OH is 1. The normalized spacial score (nSPS) is 18.2. The lowest BCUT2D eigenvalue weighted by atomic mass is 9.98. The number of thiazole rings is 2. The Balaban J connectivity index is 0.000000199. The number of methoxy groups -OCH3 is 2. The highest BCUT2D eigenvalue weighted by Gasteiger charge is 2.43. The molecular formula is C50H47Cl2N7O13S6. The van der Waals surface area contributed by atoms with E-state index >= 15 is 0 Å². The number of hydrogen-bond donors (Lipinski definition) is 1. The highest BCUT2D eigenvalue weighted by molar-refractivity contribution is 8.11. The number of ether oxygens (including phenoxy) is 2. The predicted octanol–water partition coefficient (Wildman–Crippen LogP) is 7.47. The molecule has 0 bridgehead atoms. The van der Waals surface area contributed by atoms with Gasteiger partial charge in [-0.2, -0.15) is 33.7 Å². The molecule has 5 aromatic carbocycles. The molecule has 410 valence electrons. The van der Waals surface area contributed by atoms with Gasteiger partial charge >= 0.3 is 0 Å². The van der Waals surface area contributed by atoms with Crippen LogP contribution in [0.15, 0.2) is 158 Å². The summed E-state index contributed by atoms with van der Waals surface area (Å²) < 4.78 is 120. The summed E-state index contributed by atoms with van der Waals surface area (Å²) in [5, 5.41) is 13.3. The topological polar surface area (TPSA) is 251 Å². The van der Waals surface area contributed by atoms with Crippen LogP contribution in [0.3, 0.4) is 0 Å². The van der Waals surface area contributed by atoms with Crippen LogP contribution in [0.25, 0.3) is 0 Å². The van der Waals surface area contributed by atoms with E-state index in [1.807, 2.05) is 12.1 Å². The van der Waals surface area contributed by atoms with Gasteiger partial charge in [0.1, 0.15) is 17.6 Å². The lowest BCUT2D eigenvalue weighted by Crippen LogP contribution is -2.40. The molecule has 10 rings (SSSR count). The first kappa shape index (κ1) is 56.5. The summed E-state index contributed by atoms with van der Waals surface area (Å²) in [6.45, 7) is 2.22. The second-order valence-corrected chi connectivity index (χ2v) is 27.9. The molecule has 3 aliphatic heterocycles. The van der Waals surface area contributed by atoms with Gasteiger partial charge in [-0.3, -0.25) is 14.5 Å². The van der Waals surface area contributed by atoms with Gasteiger partial charge in [-0.25, -0.2) is 9.97 Å². The first-order valence-electron chi connectivity index (χ1n) is 23.5. The van der Waals surface area contributed by atoms with Gasteiger partial charge in [0.15, 0.2) is 0 Å². The average molecular weight is 1220 g/mol. The molecule has 0 aliphatic carbocycles. The third-order valence-corrected chi connectivity index (χ3v) is 23.7. The molecular weight excluding hydrogens is 1170 g/mol. The number of nitrogens with zero attached hydrogens (tertiary/aromatic N) is 7. The standard InChI is InChI=1S/C30H28Cl2N4O6S3.C20H19N3O7S3/c1-42-25-4-8-27(9-5-25)45(40,41)36(30-33-12-15-43-30)44(38,39)26-6-2-24(3-7-26)35-14-11-28(29(35)37)34-13-10-20(19-34)21-16-22(31)18-23(32)17-21;1-30-15-4-8-17(9-5-15)33(28,29)23(20-21-11-13-31-20)32(26,27)16-6-2-14(3-7-16)22-12-10-18(24)19(22)25/h2-9,12,15-18,20,28H,10-11,13-14,19H2,1H3;2-9,11,13,18,24H,10,12H2,1H3/t20-,28-;18-/m01/s1. The highest BCUT2D eigenvalue weighted by Crippen LogP contribution is 2.38. The molecule has 78 heavy (non-hydrogen) atoms. The summed E-state index contributed by atoms with van der Waals surface area (Å²) in [5.41, 5.74) is 1.97. The summed E-state index contributed by atoms with van der Waals surface area (Å²) in [6.07, 6.45) is 3.32. The number of anilines is 4. The van der Waals surface area contributed by atoms with Crippen molar-refractivity contribution in [2.45, 2.75) is 56.9 Å². The summed E-state index contributed by atoms with van der Waals surface area (Å²) in [6, 6.07) is 26.8. The van der Waals surface area contributed by atoms with Crippen molar-refractivity contribution in [2.24, 2.45) is 0 Å². The van der Waals surface area contributed by atoms with Crippen molar-refractivity contribution in [3.05, 3.63) is 154 Å². The zero-order valence-corrected chi connectivity index (χ0v) is 47.6. The fourth-order valence-electron chi connectivity index (χ4n) is 9.09. The van der Waals surface area contributed by atoms with Gasteiger partial charge in [0, 0.05) is 70.6 Å². The van der Waals surface area contributed by atoms with Gasteiger partial charge in [0.25, 0.3) is 46.0 Å². The van der Waals surface area contributed by atoms with Crippen molar-refractivity contribution in [3.63, 3.8) is 0 Å². The quantitative estimate of drug-likeness (QED) is 0.0985. The lowest BCUT2D eigenvalue weighted by molar-refractivity contribution is -0.124. The number of hydrogen-bond acceptors (Lipinski definition) is 18. The monoisotopic (exact) mass is 1220 g/mol. The van der Waals surface area contributed by atoms with Crippen molar-refractivity contribution in [2.75, 3.05) is 57.6 Å². The summed E-state index contributed by atoms with van der Waals surface area (Å²) in [7, 11) is -15.5. The maximum Gasteiger partial charge on any atom is 0.279 e. The van der Waals surface area contributed by atoms with Gasteiger partial charge in [-0.1, -0.05) is 23.2 Å². The number of benzene rings is 5. The molecule has 0 saturated carbocycles. The molecule has 7 aromatic rings. The first-order valence-corrected chi connectivity index (χ1v) is 31.8. The van der Waals surface area contributed by atoms with Gasteiger partial charge in [-0.05, 0) is 146 Å². The zero-order chi connectivity index (χ0) is 55.7. The van der Waals surface area contributed by atoms with Gasteiger partial charge in [-0.15, -0.1) is 30.1 Å². The van der Waals surface area contributed by atoms with Crippen LogP contribution < -0.4 is 26.7 Å². The Hall–Kier alpha value is -6.20. The Morgan fingerprint density at radius 1 is 0.551 bits per heavy atom. The largest absolute Gasteiger partial charge is 0.497 e. The molecule has 0 unspecified atom stereocenters. The first-order chi connectivity index (χ1) is 37.1. The maximum atomic E-state index is 13.9. The van der Waals surface area contributed by atoms with Crippen molar-refractivity contribution in [1.82, 2.24) is 14.9 Å². The number of halogens is 2. The number of aliphatic hydroxyl groups is 1. The summed E-state index contributed by atoms with van der Waals surface area (Å²) in [4.78, 5) is 37.6. The molecule has 0 spiro atoms. The number of sulfonamides is 4. The number of likely N-dealkylation sites (tertiary alicyclic amines) is 1. The van der Waals surface area contributed by atoms with E-state index in [4.69, 9.17) is 32.7 Å². The molecule has 28 heteroatoms. The minimum Gasteiger partial charge on any atom is -0.497 e. The van der Waals surface area contributed by atoms with Crippen LogP contribution in [0.5, 0.6) is 11.5 Å². The minimum absolute atomic E-state index is 0.0677. The Morgan fingerprint density at radius 2 is 0.949 bits per heavy atom. The molecule has 3 aliphatic rings. The Bertz CT molecular complexity index is 3750. The maximum absolute atomic E-state index is 13.9. The number of amides is 2. The van der Waals surface area contributed by atoms with E-state index in [0.717, 1.165) is 41.2 Å².